The van der Waals surface area contributed by atoms with Gasteiger partial charge in [-0.05, 0) is 56.9 Å². The Hall–Kier alpha value is -2.55. The van der Waals surface area contributed by atoms with Gasteiger partial charge in [0.1, 0.15) is 16.3 Å². The number of ether oxygens (including phenoxy) is 1. The number of benzene rings is 1. The van der Waals surface area contributed by atoms with Crippen molar-refractivity contribution in [3.8, 4) is 0 Å². The van der Waals surface area contributed by atoms with Crippen molar-refractivity contribution >= 4 is 29.3 Å². The van der Waals surface area contributed by atoms with E-state index in [1.54, 1.807) is 11.0 Å². The molecule has 0 unspecified atom stereocenters. The van der Waals surface area contributed by atoms with Gasteiger partial charge in [0.25, 0.3) is 0 Å². The molecule has 2 aliphatic rings. The lowest BCUT2D eigenvalue weighted by molar-refractivity contribution is -0.137. The van der Waals surface area contributed by atoms with Crippen LogP contribution in [0, 0.1) is 0 Å². The van der Waals surface area contributed by atoms with Gasteiger partial charge in [-0.3, -0.25) is 4.90 Å². The molecular formula is C20H20ClF3N4O2. The first-order chi connectivity index (χ1) is 13.9. The summed E-state index contributed by atoms with van der Waals surface area (Å²) in [5, 5.41) is 2.22. The van der Waals surface area contributed by atoms with Crippen molar-refractivity contribution in [3.63, 3.8) is 0 Å². The van der Waals surface area contributed by atoms with Crippen molar-refractivity contribution < 1.29 is 22.7 Å². The first kappa shape index (κ1) is 20.7. The van der Waals surface area contributed by atoms with Gasteiger partial charge in [-0.25, -0.2) is 14.8 Å². The van der Waals surface area contributed by atoms with E-state index in [9.17, 15) is 18.0 Å². The minimum absolute atomic E-state index is 0.0364. The molecule has 1 fully saturated rings. The molecule has 6 nitrogen and oxygen atoms in total. The smallest absolute Gasteiger partial charge is 0.420 e. The van der Waals surface area contributed by atoms with Crippen molar-refractivity contribution in [1.29, 1.82) is 0 Å². The van der Waals surface area contributed by atoms with E-state index in [0.29, 0.717) is 11.9 Å². The monoisotopic (exact) mass is 440 g/mol. The van der Waals surface area contributed by atoms with E-state index in [-0.39, 0.29) is 24.1 Å². The van der Waals surface area contributed by atoms with E-state index >= 15 is 0 Å². The van der Waals surface area contributed by atoms with Crippen LogP contribution in [-0.2, 0) is 10.9 Å². The van der Waals surface area contributed by atoms with Gasteiger partial charge in [0.05, 0.1) is 12.1 Å². The van der Waals surface area contributed by atoms with Crippen LogP contribution in [-0.4, -0.2) is 26.6 Å². The summed E-state index contributed by atoms with van der Waals surface area (Å²) in [6.45, 7) is 5.48. The maximum atomic E-state index is 12.8. The fraction of sp³-hybridized carbons (Fsp3) is 0.450. The van der Waals surface area contributed by atoms with Gasteiger partial charge in [-0.2, -0.15) is 13.2 Å². The zero-order valence-electron chi connectivity index (χ0n) is 16.5. The van der Waals surface area contributed by atoms with Crippen molar-refractivity contribution in [1.82, 2.24) is 14.9 Å². The van der Waals surface area contributed by atoms with Crippen LogP contribution in [0.3, 0.4) is 0 Å². The molecule has 1 saturated heterocycles. The summed E-state index contributed by atoms with van der Waals surface area (Å²) < 4.78 is 44.0. The standard InChI is InChI=1S/C20H20ClF3N4O2/c1-19(2,3)30-18(29)28-14-6-7-15(28)12-8-10(4-5-11(12)14)26-17-25-9-13(16(21)27-17)20(22,23)24/h4-5,8-9,14-15H,6-7H2,1-3H3,(H,25,26,27)/t14-,15+/m0/s1. The fourth-order valence-electron chi connectivity index (χ4n) is 3.98. The number of carbonyl (C=O) groups is 1. The number of anilines is 2. The number of amides is 1. The Morgan fingerprint density at radius 3 is 2.47 bits per heavy atom. The highest BCUT2D eigenvalue weighted by Crippen LogP contribution is 2.54. The minimum atomic E-state index is -4.62. The number of rotatable bonds is 2. The third-order valence-corrected chi connectivity index (χ3v) is 5.39. The highest BCUT2D eigenvalue weighted by atomic mass is 35.5. The first-order valence-electron chi connectivity index (χ1n) is 9.46. The third-order valence-electron chi connectivity index (χ3n) is 5.10. The maximum absolute atomic E-state index is 12.8. The van der Waals surface area contributed by atoms with E-state index in [1.165, 1.54) is 0 Å². The molecule has 2 aliphatic heterocycles. The quantitative estimate of drug-likeness (QED) is 0.578. The van der Waals surface area contributed by atoms with Gasteiger partial charge in [0, 0.05) is 11.9 Å². The Morgan fingerprint density at radius 2 is 1.87 bits per heavy atom. The Kier molecular flexibility index (Phi) is 4.84. The number of halogens is 4. The molecule has 3 heterocycles. The zero-order valence-corrected chi connectivity index (χ0v) is 17.3. The van der Waals surface area contributed by atoms with Crippen molar-refractivity contribution in [3.05, 3.63) is 46.2 Å². The topological polar surface area (TPSA) is 67.3 Å². The summed E-state index contributed by atoms with van der Waals surface area (Å²) in [6.07, 6.45) is -2.63. The maximum Gasteiger partial charge on any atom is 0.420 e. The highest BCUT2D eigenvalue weighted by molar-refractivity contribution is 6.30. The molecule has 10 heteroatoms. The third kappa shape index (κ3) is 3.78. The van der Waals surface area contributed by atoms with Crippen LogP contribution in [0.2, 0.25) is 5.15 Å². The number of fused-ring (bicyclic) bond motifs is 5. The minimum Gasteiger partial charge on any atom is -0.444 e. The molecule has 30 heavy (non-hydrogen) atoms. The van der Waals surface area contributed by atoms with Crippen LogP contribution in [0.5, 0.6) is 0 Å². The van der Waals surface area contributed by atoms with Crippen LogP contribution >= 0.6 is 11.6 Å². The normalized spacial score (nSPS) is 20.3. The summed E-state index contributed by atoms with van der Waals surface area (Å²) in [7, 11) is 0. The summed E-state index contributed by atoms with van der Waals surface area (Å²) >= 11 is 5.66. The second-order valence-electron chi connectivity index (χ2n) is 8.36. The Balaban J connectivity index is 1.56. The number of hydrogen-bond donors (Lipinski definition) is 1. The van der Waals surface area contributed by atoms with E-state index in [4.69, 9.17) is 16.3 Å². The predicted octanol–water partition coefficient (Wildman–Crippen LogP) is 6.02. The average molecular weight is 441 g/mol. The van der Waals surface area contributed by atoms with Crippen molar-refractivity contribution in [2.45, 2.75) is 57.5 Å². The SMILES string of the molecule is CC(C)(C)OC(=O)N1[C@@H]2CC[C@H]1c1ccc(Nc3ncc(C(F)(F)F)c(Cl)n3)cc12. The lowest BCUT2D eigenvalue weighted by Gasteiger charge is -2.27. The average Bonchev–Trinajstić information content (AvgIpc) is 3.16. The molecule has 4 rings (SSSR count). The number of aromatic nitrogens is 2. The van der Waals surface area contributed by atoms with Crippen LogP contribution in [0.4, 0.5) is 29.6 Å². The number of nitrogens with zero attached hydrogens (tertiary/aromatic N) is 3. The van der Waals surface area contributed by atoms with Crippen molar-refractivity contribution in [2.24, 2.45) is 0 Å². The lowest BCUT2D eigenvalue weighted by atomic mass is 9.91. The van der Waals surface area contributed by atoms with Gasteiger partial charge in [0.2, 0.25) is 5.95 Å². The van der Waals surface area contributed by atoms with E-state index in [2.05, 4.69) is 15.3 Å². The summed E-state index contributed by atoms with van der Waals surface area (Å²) in [4.78, 5) is 21.9. The molecule has 160 valence electrons. The van der Waals surface area contributed by atoms with E-state index in [1.807, 2.05) is 32.9 Å². The first-order valence-corrected chi connectivity index (χ1v) is 9.84. The molecule has 1 aromatic heterocycles. The molecule has 0 saturated carbocycles. The molecule has 2 aromatic rings. The van der Waals surface area contributed by atoms with Gasteiger partial charge in [-0.15, -0.1) is 0 Å². The van der Waals surface area contributed by atoms with Crippen LogP contribution in [0.1, 0.15) is 62.4 Å². The molecule has 0 radical (unpaired) electrons. The molecule has 0 spiro atoms. The molecule has 2 bridgehead atoms. The zero-order chi connectivity index (χ0) is 21.8. The number of nitrogens with one attached hydrogen (secondary N) is 1. The Morgan fingerprint density at radius 1 is 1.20 bits per heavy atom. The summed E-state index contributed by atoms with van der Waals surface area (Å²) in [6, 6.07) is 5.42. The van der Waals surface area contributed by atoms with Crippen LogP contribution < -0.4 is 5.32 Å². The van der Waals surface area contributed by atoms with Gasteiger partial charge < -0.3 is 10.1 Å². The van der Waals surface area contributed by atoms with Gasteiger partial charge in [-0.1, -0.05) is 17.7 Å². The number of hydrogen-bond acceptors (Lipinski definition) is 5. The molecule has 1 aromatic carbocycles. The number of carbonyl (C=O) groups excluding carboxylic acids is 1. The second-order valence-corrected chi connectivity index (χ2v) is 8.72. The molecule has 1 N–H and O–H groups in total. The molecule has 2 atom stereocenters. The Bertz CT molecular complexity index is 1010. The van der Waals surface area contributed by atoms with Gasteiger partial charge in [0.15, 0.2) is 0 Å². The van der Waals surface area contributed by atoms with Gasteiger partial charge >= 0.3 is 12.3 Å². The number of alkyl halides is 3. The largest absolute Gasteiger partial charge is 0.444 e. The summed E-state index contributed by atoms with van der Waals surface area (Å²) in [5.74, 6) is -0.0416. The fourth-order valence-corrected chi connectivity index (χ4v) is 4.21. The molecule has 0 aliphatic carbocycles. The van der Waals surface area contributed by atoms with Crippen molar-refractivity contribution in [2.75, 3.05) is 5.32 Å². The molecular weight excluding hydrogens is 421 g/mol. The predicted molar refractivity (Wildman–Crippen MR) is 105 cm³/mol. The lowest BCUT2D eigenvalue weighted by Crippen LogP contribution is -2.34. The highest BCUT2D eigenvalue weighted by Gasteiger charge is 2.48. The molecule has 1 amide bonds. The van der Waals surface area contributed by atoms with E-state index in [0.717, 1.165) is 24.0 Å². The van der Waals surface area contributed by atoms with Crippen LogP contribution in [0.25, 0.3) is 0 Å². The second kappa shape index (κ2) is 7.01. The Labute approximate surface area is 176 Å². The van der Waals surface area contributed by atoms with Crippen LogP contribution in [0.15, 0.2) is 24.4 Å². The van der Waals surface area contributed by atoms with E-state index < -0.39 is 22.5 Å². The summed E-state index contributed by atoms with van der Waals surface area (Å²) in [5.41, 5.74) is 0.960.